The largest absolute Gasteiger partial charge is 0.416 e. The third-order valence-corrected chi connectivity index (χ3v) is 4.52. The lowest BCUT2D eigenvalue weighted by atomic mass is 10.0. The summed E-state index contributed by atoms with van der Waals surface area (Å²) in [5, 5.41) is 3.13. The van der Waals surface area contributed by atoms with Crippen LogP contribution in [0.2, 0.25) is 0 Å². The SMILES string of the molecule is FC(F)(F)c1ccc(Nc2ccc(C3=Cc4ccccc4C3)cc2)cc1. The Labute approximate surface area is 149 Å². The molecule has 1 aliphatic carbocycles. The van der Waals surface area contributed by atoms with Gasteiger partial charge in [0.2, 0.25) is 0 Å². The van der Waals surface area contributed by atoms with Crippen molar-refractivity contribution in [3.63, 3.8) is 0 Å². The van der Waals surface area contributed by atoms with Gasteiger partial charge in [-0.3, -0.25) is 0 Å². The van der Waals surface area contributed by atoms with Gasteiger partial charge in [0.05, 0.1) is 5.56 Å². The molecule has 0 aliphatic heterocycles. The van der Waals surface area contributed by atoms with E-state index in [4.69, 9.17) is 0 Å². The molecule has 0 bridgehead atoms. The van der Waals surface area contributed by atoms with Gasteiger partial charge in [0, 0.05) is 11.4 Å². The van der Waals surface area contributed by atoms with Crippen LogP contribution in [0.5, 0.6) is 0 Å². The molecule has 26 heavy (non-hydrogen) atoms. The Morgan fingerprint density at radius 2 is 1.35 bits per heavy atom. The molecule has 4 heteroatoms. The first-order valence-electron chi connectivity index (χ1n) is 8.32. The summed E-state index contributed by atoms with van der Waals surface area (Å²) in [5.74, 6) is 0. The molecule has 0 saturated heterocycles. The minimum absolute atomic E-state index is 0.623. The molecule has 0 atom stereocenters. The first-order valence-corrected chi connectivity index (χ1v) is 8.32. The van der Waals surface area contributed by atoms with Crippen LogP contribution in [0.15, 0.2) is 72.8 Å². The first kappa shape index (κ1) is 16.5. The van der Waals surface area contributed by atoms with Gasteiger partial charge in [-0.25, -0.2) is 0 Å². The highest BCUT2D eigenvalue weighted by molar-refractivity contribution is 5.88. The Kier molecular flexibility index (Phi) is 4.03. The van der Waals surface area contributed by atoms with Gasteiger partial charge in [-0.05, 0) is 65.1 Å². The summed E-state index contributed by atoms with van der Waals surface area (Å²) in [5.41, 5.74) is 5.82. The van der Waals surface area contributed by atoms with Crippen molar-refractivity contribution in [1.29, 1.82) is 0 Å². The fourth-order valence-corrected chi connectivity index (χ4v) is 3.14. The molecule has 0 fully saturated rings. The molecular formula is C22H16F3N. The van der Waals surface area contributed by atoms with Crippen LogP contribution in [0.4, 0.5) is 24.5 Å². The van der Waals surface area contributed by atoms with Crippen molar-refractivity contribution >= 4 is 23.0 Å². The average Bonchev–Trinajstić information content (AvgIpc) is 3.06. The molecule has 0 radical (unpaired) electrons. The lowest BCUT2D eigenvalue weighted by Gasteiger charge is -2.10. The molecule has 0 heterocycles. The van der Waals surface area contributed by atoms with Gasteiger partial charge in [-0.15, -0.1) is 0 Å². The second kappa shape index (κ2) is 6.37. The molecule has 4 rings (SSSR count). The summed E-state index contributed by atoms with van der Waals surface area (Å²) in [6.07, 6.45) is -1.19. The Morgan fingerprint density at radius 3 is 1.96 bits per heavy atom. The number of hydrogen-bond donors (Lipinski definition) is 1. The molecule has 0 saturated carbocycles. The van der Waals surface area contributed by atoms with E-state index in [9.17, 15) is 13.2 Å². The maximum absolute atomic E-state index is 12.6. The zero-order chi connectivity index (χ0) is 18.1. The van der Waals surface area contributed by atoms with Crippen molar-refractivity contribution in [3.8, 4) is 0 Å². The molecule has 1 N–H and O–H groups in total. The summed E-state index contributed by atoms with van der Waals surface area (Å²) < 4.78 is 37.8. The topological polar surface area (TPSA) is 12.0 Å². The summed E-state index contributed by atoms with van der Waals surface area (Å²) in [6, 6.07) is 21.3. The monoisotopic (exact) mass is 351 g/mol. The van der Waals surface area contributed by atoms with E-state index in [2.05, 4.69) is 23.5 Å². The quantitative estimate of drug-likeness (QED) is 0.564. The smallest absolute Gasteiger partial charge is 0.356 e. The van der Waals surface area contributed by atoms with Gasteiger partial charge < -0.3 is 5.32 Å². The second-order valence-corrected chi connectivity index (χ2v) is 6.32. The summed E-state index contributed by atoms with van der Waals surface area (Å²) >= 11 is 0. The zero-order valence-electron chi connectivity index (χ0n) is 13.8. The molecular weight excluding hydrogens is 335 g/mol. The van der Waals surface area contributed by atoms with Gasteiger partial charge in [0.15, 0.2) is 0 Å². The molecule has 3 aromatic rings. The molecule has 1 aliphatic rings. The number of halogens is 3. The van der Waals surface area contributed by atoms with Crippen LogP contribution in [0.3, 0.4) is 0 Å². The van der Waals surface area contributed by atoms with Gasteiger partial charge in [0.25, 0.3) is 0 Å². The standard InChI is InChI=1S/C22H16F3N/c23-22(24,25)19-7-11-21(12-8-19)26-20-9-5-15(6-10-20)18-13-16-3-1-2-4-17(16)14-18/h1-13,26H,14H2. The molecule has 3 aromatic carbocycles. The predicted octanol–water partition coefficient (Wildman–Crippen LogP) is 6.55. The van der Waals surface area contributed by atoms with Crippen LogP contribution in [0, 0.1) is 0 Å². The van der Waals surface area contributed by atoms with Gasteiger partial charge in [-0.1, -0.05) is 42.5 Å². The number of fused-ring (bicyclic) bond motifs is 1. The normalized spacial score (nSPS) is 13.3. The second-order valence-electron chi connectivity index (χ2n) is 6.32. The Balaban J connectivity index is 1.47. The summed E-state index contributed by atoms with van der Waals surface area (Å²) in [7, 11) is 0. The fraction of sp³-hybridized carbons (Fsp3) is 0.0909. The number of benzene rings is 3. The van der Waals surface area contributed by atoms with E-state index >= 15 is 0 Å². The Bertz CT molecular complexity index is 952. The maximum atomic E-state index is 12.6. The van der Waals surface area contributed by atoms with Crippen molar-refractivity contribution in [3.05, 3.63) is 95.1 Å². The number of allylic oxidation sites excluding steroid dienone is 1. The lowest BCUT2D eigenvalue weighted by molar-refractivity contribution is -0.137. The molecule has 130 valence electrons. The summed E-state index contributed by atoms with van der Waals surface area (Å²) in [4.78, 5) is 0. The first-order chi connectivity index (χ1) is 12.5. The maximum Gasteiger partial charge on any atom is 0.416 e. The highest BCUT2D eigenvalue weighted by Gasteiger charge is 2.29. The number of rotatable bonds is 3. The van der Waals surface area contributed by atoms with E-state index in [1.54, 1.807) is 0 Å². The van der Waals surface area contributed by atoms with Crippen LogP contribution in [0.25, 0.3) is 11.6 Å². The van der Waals surface area contributed by atoms with Gasteiger partial charge >= 0.3 is 6.18 Å². The Hall–Kier alpha value is -3.01. The fourth-order valence-electron chi connectivity index (χ4n) is 3.14. The van der Waals surface area contributed by atoms with Crippen molar-refractivity contribution in [2.24, 2.45) is 0 Å². The number of hydrogen-bond acceptors (Lipinski definition) is 1. The minimum Gasteiger partial charge on any atom is -0.356 e. The number of alkyl halides is 3. The summed E-state index contributed by atoms with van der Waals surface area (Å²) in [6.45, 7) is 0. The molecule has 0 spiro atoms. The van der Waals surface area contributed by atoms with Crippen LogP contribution in [-0.2, 0) is 12.6 Å². The highest BCUT2D eigenvalue weighted by atomic mass is 19.4. The van der Waals surface area contributed by atoms with E-state index in [1.807, 2.05) is 36.4 Å². The van der Waals surface area contributed by atoms with E-state index in [1.165, 1.54) is 28.8 Å². The molecule has 0 unspecified atom stereocenters. The van der Waals surface area contributed by atoms with Gasteiger partial charge in [-0.2, -0.15) is 13.2 Å². The predicted molar refractivity (Wildman–Crippen MR) is 99.2 cm³/mol. The van der Waals surface area contributed by atoms with E-state index in [-0.39, 0.29) is 0 Å². The van der Waals surface area contributed by atoms with Crippen molar-refractivity contribution in [1.82, 2.24) is 0 Å². The van der Waals surface area contributed by atoms with Crippen molar-refractivity contribution in [2.75, 3.05) is 5.32 Å². The van der Waals surface area contributed by atoms with Crippen LogP contribution < -0.4 is 5.32 Å². The molecule has 0 aromatic heterocycles. The Morgan fingerprint density at radius 1 is 0.731 bits per heavy atom. The molecule has 1 nitrogen and oxygen atoms in total. The minimum atomic E-state index is -4.31. The van der Waals surface area contributed by atoms with E-state index in [0.717, 1.165) is 29.8 Å². The van der Waals surface area contributed by atoms with Crippen LogP contribution in [0.1, 0.15) is 22.3 Å². The molecule has 0 amide bonds. The third-order valence-electron chi connectivity index (χ3n) is 4.52. The van der Waals surface area contributed by atoms with Crippen LogP contribution >= 0.6 is 0 Å². The highest BCUT2D eigenvalue weighted by Crippen LogP contribution is 2.33. The average molecular weight is 351 g/mol. The van der Waals surface area contributed by atoms with Crippen molar-refractivity contribution < 1.29 is 13.2 Å². The van der Waals surface area contributed by atoms with Crippen molar-refractivity contribution in [2.45, 2.75) is 12.6 Å². The lowest BCUT2D eigenvalue weighted by Crippen LogP contribution is -2.04. The number of nitrogens with one attached hydrogen (secondary N) is 1. The number of anilines is 2. The van der Waals surface area contributed by atoms with E-state index < -0.39 is 11.7 Å². The van der Waals surface area contributed by atoms with Gasteiger partial charge in [0.1, 0.15) is 0 Å². The zero-order valence-corrected chi connectivity index (χ0v) is 13.8. The van der Waals surface area contributed by atoms with Crippen LogP contribution in [-0.4, -0.2) is 0 Å². The van der Waals surface area contributed by atoms with E-state index in [0.29, 0.717) is 5.69 Å². The third kappa shape index (κ3) is 3.36.